The number of carbonyl (C=O) groups is 2. The van der Waals surface area contributed by atoms with Crippen molar-refractivity contribution in [3.8, 4) is 11.5 Å². The smallest absolute Gasteiger partial charge is 0.317 e. The van der Waals surface area contributed by atoms with E-state index in [0.717, 1.165) is 23.5 Å². The second-order valence-corrected chi connectivity index (χ2v) is 8.69. The normalized spacial score (nSPS) is 18.9. The number of urea groups is 1. The summed E-state index contributed by atoms with van der Waals surface area (Å²) >= 11 is 1.65. The van der Waals surface area contributed by atoms with Gasteiger partial charge in [-0.3, -0.25) is 4.79 Å². The Morgan fingerprint density at radius 2 is 2.03 bits per heavy atom. The van der Waals surface area contributed by atoms with E-state index in [1.54, 1.807) is 37.9 Å². The van der Waals surface area contributed by atoms with Crippen LogP contribution in [0.1, 0.15) is 44.6 Å². The van der Waals surface area contributed by atoms with Crippen LogP contribution < -0.4 is 14.8 Å². The van der Waals surface area contributed by atoms with E-state index in [-0.39, 0.29) is 28.6 Å². The molecule has 1 heterocycles. The van der Waals surface area contributed by atoms with Crippen LogP contribution in [0.3, 0.4) is 0 Å². The minimum Gasteiger partial charge on any atom is -0.497 e. The van der Waals surface area contributed by atoms with Crippen LogP contribution in [-0.4, -0.2) is 67.4 Å². The van der Waals surface area contributed by atoms with Gasteiger partial charge in [-0.15, -0.1) is 11.8 Å². The number of amides is 3. The van der Waals surface area contributed by atoms with Crippen LogP contribution in [0.5, 0.6) is 11.5 Å². The Balaban J connectivity index is 2.14. The van der Waals surface area contributed by atoms with Crippen LogP contribution in [0.2, 0.25) is 0 Å². The molecular formula is C21H33N3O4S. The van der Waals surface area contributed by atoms with Gasteiger partial charge in [-0.25, -0.2) is 4.79 Å². The van der Waals surface area contributed by atoms with Gasteiger partial charge in [-0.2, -0.15) is 0 Å². The minimum atomic E-state index is -0.132. The van der Waals surface area contributed by atoms with Gasteiger partial charge in [0, 0.05) is 31.7 Å². The monoisotopic (exact) mass is 423 g/mol. The predicted octanol–water partition coefficient (Wildman–Crippen LogP) is 3.50. The van der Waals surface area contributed by atoms with Crippen LogP contribution in [0.15, 0.2) is 18.2 Å². The molecule has 0 spiro atoms. The number of nitrogens with one attached hydrogen (secondary N) is 1. The van der Waals surface area contributed by atoms with Gasteiger partial charge >= 0.3 is 6.03 Å². The molecule has 1 fully saturated rings. The van der Waals surface area contributed by atoms with Crippen molar-refractivity contribution in [2.45, 2.75) is 50.3 Å². The molecule has 8 heteroatoms. The number of hydrogen-bond donors (Lipinski definition) is 1. The number of benzene rings is 1. The van der Waals surface area contributed by atoms with E-state index in [4.69, 9.17) is 9.47 Å². The summed E-state index contributed by atoms with van der Waals surface area (Å²) in [7, 11) is 5.04. The van der Waals surface area contributed by atoms with Gasteiger partial charge in [0.15, 0.2) is 0 Å². The van der Waals surface area contributed by atoms with E-state index in [2.05, 4.69) is 5.32 Å². The molecule has 1 aliphatic heterocycles. The number of nitrogens with zero attached hydrogens (tertiary/aromatic N) is 2. The lowest BCUT2D eigenvalue weighted by molar-refractivity contribution is -0.130. The molecule has 0 aliphatic carbocycles. The lowest BCUT2D eigenvalue weighted by Crippen LogP contribution is -2.42. The Morgan fingerprint density at radius 1 is 1.31 bits per heavy atom. The zero-order chi connectivity index (χ0) is 21.6. The molecule has 3 amide bonds. The Labute approximate surface area is 178 Å². The maximum absolute atomic E-state index is 13.0. The number of ether oxygens (including phenoxy) is 2. The van der Waals surface area contributed by atoms with E-state index in [1.807, 2.05) is 43.9 Å². The van der Waals surface area contributed by atoms with Crippen LogP contribution >= 0.6 is 11.8 Å². The van der Waals surface area contributed by atoms with Gasteiger partial charge in [0.2, 0.25) is 5.91 Å². The average molecular weight is 424 g/mol. The van der Waals surface area contributed by atoms with E-state index in [1.165, 1.54) is 0 Å². The molecule has 2 unspecified atom stereocenters. The molecule has 29 heavy (non-hydrogen) atoms. The maximum Gasteiger partial charge on any atom is 0.317 e. The van der Waals surface area contributed by atoms with Gasteiger partial charge < -0.3 is 24.6 Å². The molecule has 2 rings (SSSR count). The third kappa shape index (κ3) is 5.72. The number of carbonyl (C=O) groups excluding carboxylic acids is 2. The van der Waals surface area contributed by atoms with Crippen LogP contribution in [-0.2, 0) is 4.79 Å². The van der Waals surface area contributed by atoms with Crippen molar-refractivity contribution >= 4 is 23.7 Å². The second-order valence-electron chi connectivity index (χ2n) is 7.40. The van der Waals surface area contributed by atoms with Crippen molar-refractivity contribution < 1.29 is 19.1 Å². The lowest BCUT2D eigenvalue weighted by atomic mass is 10.1. The highest BCUT2D eigenvalue weighted by atomic mass is 32.2. The Kier molecular flexibility index (Phi) is 8.49. The van der Waals surface area contributed by atoms with E-state index in [0.29, 0.717) is 19.5 Å². The molecule has 7 nitrogen and oxygen atoms in total. The van der Waals surface area contributed by atoms with Crippen molar-refractivity contribution in [3.05, 3.63) is 23.8 Å². The van der Waals surface area contributed by atoms with Crippen molar-refractivity contribution in [2.75, 3.05) is 34.4 Å². The predicted molar refractivity (Wildman–Crippen MR) is 117 cm³/mol. The molecule has 1 aromatic carbocycles. The molecule has 1 aliphatic rings. The SMILES string of the molecule is CCC1SC(c2cc(OC)ccc2OC)N(CCCN(C)C(=O)NC(C)C)C1=O. The highest BCUT2D eigenvalue weighted by Crippen LogP contribution is 2.47. The summed E-state index contributed by atoms with van der Waals surface area (Å²) in [5.74, 6) is 1.62. The highest BCUT2D eigenvalue weighted by molar-refractivity contribution is 8.01. The number of thioether (sulfide) groups is 1. The fourth-order valence-electron chi connectivity index (χ4n) is 3.30. The van der Waals surface area contributed by atoms with Crippen LogP contribution in [0.25, 0.3) is 0 Å². The summed E-state index contributed by atoms with van der Waals surface area (Å²) in [6.45, 7) is 7.05. The Hall–Kier alpha value is -2.09. The number of rotatable bonds is 9. The molecule has 0 bridgehead atoms. The number of methoxy groups -OCH3 is 2. The molecular weight excluding hydrogens is 390 g/mol. The summed E-state index contributed by atoms with van der Waals surface area (Å²) in [5, 5.41) is 2.68. The molecule has 1 N–H and O–H groups in total. The summed E-state index contributed by atoms with van der Waals surface area (Å²) in [6, 6.07) is 5.67. The standard InChI is InChI=1S/C21H33N3O4S/c1-7-18-19(25)24(12-8-11-23(4)21(26)22-14(2)3)20(29-18)16-13-15(27-5)9-10-17(16)28-6/h9-10,13-14,18,20H,7-8,11-12H2,1-6H3,(H,22,26). The van der Waals surface area contributed by atoms with Gasteiger partial charge in [-0.05, 0) is 44.9 Å². The molecule has 1 saturated heterocycles. The minimum absolute atomic E-state index is 0.0714. The van der Waals surface area contributed by atoms with E-state index < -0.39 is 0 Å². The molecule has 162 valence electrons. The average Bonchev–Trinajstić information content (AvgIpc) is 3.02. The topological polar surface area (TPSA) is 71.1 Å². The van der Waals surface area contributed by atoms with Gasteiger partial charge in [0.25, 0.3) is 0 Å². The second kappa shape index (κ2) is 10.6. The van der Waals surface area contributed by atoms with E-state index >= 15 is 0 Å². The Morgan fingerprint density at radius 3 is 2.62 bits per heavy atom. The summed E-state index contributed by atoms with van der Waals surface area (Å²) < 4.78 is 10.9. The first-order valence-corrected chi connectivity index (χ1v) is 11.0. The lowest BCUT2D eigenvalue weighted by Gasteiger charge is -2.27. The van der Waals surface area contributed by atoms with E-state index in [9.17, 15) is 9.59 Å². The first kappa shape index (κ1) is 23.2. The Bertz CT molecular complexity index is 713. The zero-order valence-corrected chi connectivity index (χ0v) is 19.0. The highest BCUT2D eigenvalue weighted by Gasteiger charge is 2.41. The fraction of sp³-hybridized carbons (Fsp3) is 0.619. The van der Waals surface area contributed by atoms with Crippen LogP contribution in [0, 0.1) is 0 Å². The summed E-state index contributed by atoms with van der Waals surface area (Å²) in [4.78, 5) is 28.6. The van der Waals surface area contributed by atoms with Crippen molar-refractivity contribution in [1.29, 1.82) is 0 Å². The molecule has 1 aromatic rings. The van der Waals surface area contributed by atoms with Crippen molar-refractivity contribution in [2.24, 2.45) is 0 Å². The van der Waals surface area contributed by atoms with Crippen molar-refractivity contribution in [3.63, 3.8) is 0 Å². The third-order valence-corrected chi connectivity index (χ3v) is 6.49. The quantitative estimate of drug-likeness (QED) is 0.658. The molecule has 0 aromatic heterocycles. The molecule has 0 saturated carbocycles. The van der Waals surface area contributed by atoms with Gasteiger partial charge in [0.1, 0.15) is 16.9 Å². The fourth-order valence-corrected chi connectivity index (χ4v) is 4.74. The van der Waals surface area contributed by atoms with Gasteiger partial charge in [-0.1, -0.05) is 6.92 Å². The van der Waals surface area contributed by atoms with Gasteiger partial charge in [0.05, 0.1) is 19.5 Å². The first-order chi connectivity index (χ1) is 13.8. The van der Waals surface area contributed by atoms with Crippen LogP contribution in [0.4, 0.5) is 4.79 Å². The number of hydrogen-bond acceptors (Lipinski definition) is 5. The van der Waals surface area contributed by atoms with Crippen molar-refractivity contribution in [1.82, 2.24) is 15.1 Å². The zero-order valence-electron chi connectivity index (χ0n) is 18.2. The largest absolute Gasteiger partial charge is 0.497 e. The summed E-state index contributed by atoms with van der Waals surface area (Å²) in [6.07, 6.45) is 1.48. The molecule has 0 radical (unpaired) electrons. The summed E-state index contributed by atoms with van der Waals surface area (Å²) in [5.41, 5.74) is 0.937. The first-order valence-electron chi connectivity index (χ1n) is 10.0. The molecule has 2 atom stereocenters. The maximum atomic E-state index is 13.0. The third-order valence-electron chi connectivity index (χ3n) is 4.86.